The van der Waals surface area contributed by atoms with Gasteiger partial charge in [-0.15, -0.1) is 0 Å². The van der Waals surface area contributed by atoms with Gasteiger partial charge >= 0.3 is 0 Å². The van der Waals surface area contributed by atoms with Gasteiger partial charge in [0, 0.05) is 6.54 Å². The number of hydrogen-bond acceptors (Lipinski definition) is 2. The average molecular weight is 421 g/mol. The zero-order valence-electron chi connectivity index (χ0n) is 13.2. The highest BCUT2D eigenvalue weighted by Gasteiger charge is 2.08. The fraction of sp³-hybridized carbons (Fsp3) is 0.647. The summed E-state index contributed by atoms with van der Waals surface area (Å²) in [6, 6.07) is 4.26. The molecule has 0 aliphatic rings. The first-order valence-corrected chi connectivity index (χ1v) is 9.59. The van der Waals surface area contributed by atoms with Crippen LogP contribution in [-0.4, -0.2) is 13.2 Å². The smallest absolute Gasteiger partial charge is 0.147 e. The molecule has 1 aromatic carbocycles. The molecule has 0 unspecified atom stereocenters. The van der Waals surface area contributed by atoms with Crippen molar-refractivity contribution < 1.29 is 4.74 Å². The summed E-state index contributed by atoms with van der Waals surface area (Å²) in [6.07, 6.45) is 7.71. The second-order valence-corrected chi connectivity index (χ2v) is 6.99. The maximum Gasteiger partial charge on any atom is 0.147 e. The van der Waals surface area contributed by atoms with Gasteiger partial charge in [-0.25, -0.2) is 0 Å². The second-order valence-electron chi connectivity index (χ2n) is 5.29. The molecule has 0 fully saturated rings. The van der Waals surface area contributed by atoms with Crippen molar-refractivity contribution in [3.8, 4) is 5.75 Å². The third-order valence-electron chi connectivity index (χ3n) is 3.38. The number of benzene rings is 1. The summed E-state index contributed by atoms with van der Waals surface area (Å²) in [5.74, 6) is 0.920. The van der Waals surface area contributed by atoms with Crippen LogP contribution in [0.3, 0.4) is 0 Å². The van der Waals surface area contributed by atoms with Crippen molar-refractivity contribution in [3.63, 3.8) is 0 Å². The number of ether oxygens (including phenoxy) is 1. The Labute approximate surface area is 146 Å². The number of rotatable bonds is 11. The summed E-state index contributed by atoms with van der Waals surface area (Å²) in [4.78, 5) is 0. The molecule has 0 aliphatic carbocycles. The SMILES string of the molecule is CCCCCCCCOc1c(Br)cc(CNCC)cc1Br. The van der Waals surface area contributed by atoms with Gasteiger partial charge in [-0.1, -0.05) is 46.0 Å². The molecule has 0 radical (unpaired) electrons. The lowest BCUT2D eigenvalue weighted by atomic mass is 10.1. The van der Waals surface area contributed by atoms with Crippen molar-refractivity contribution in [2.75, 3.05) is 13.2 Å². The van der Waals surface area contributed by atoms with Crippen molar-refractivity contribution >= 4 is 31.9 Å². The van der Waals surface area contributed by atoms with Crippen LogP contribution in [0.1, 0.15) is 57.9 Å². The largest absolute Gasteiger partial charge is 0.491 e. The summed E-state index contributed by atoms with van der Waals surface area (Å²) in [6.45, 7) is 7.01. The molecule has 0 aromatic heterocycles. The van der Waals surface area contributed by atoms with Gasteiger partial charge in [0.1, 0.15) is 5.75 Å². The van der Waals surface area contributed by atoms with Crippen LogP contribution in [0.4, 0.5) is 0 Å². The fourth-order valence-corrected chi connectivity index (χ4v) is 3.69. The first kappa shape index (κ1) is 19.0. The van der Waals surface area contributed by atoms with E-state index in [4.69, 9.17) is 4.74 Å². The Hall–Kier alpha value is -0.0600. The summed E-state index contributed by atoms with van der Waals surface area (Å²) in [5.41, 5.74) is 1.25. The van der Waals surface area contributed by atoms with Crippen LogP contribution in [0.2, 0.25) is 0 Å². The lowest BCUT2D eigenvalue weighted by Crippen LogP contribution is -2.11. The Balaban J connectivity index is 2.37. The Morgan fingerprint density at radius 3 is 2.19 bits per heavy atom. The highest BCUT2D eigenvalue weighted by molar-refractivity contribution is 9.11. The predicted octanol–water partition coefficient (Wildman–Crippen LogP) is 6.06. The van der Waals surface area contributed by atoms with Crippen LogP contribution in [0.25, 0.3) is 0 Å². The van der Waals surface area contributed by atoms with Gasteiger partial charge < -0.3 is 10.1 Å². The van der Waals surface area contributed by atoms with E-state index < -0.39 is 0 Å². The maximum absolute atomic E-state index is 5.92. The number of hydrogen-bond donors (Lipinski definition) is 1. The summed E-state index contributed by atoms with van der Waals surface area (Å²) >= 11 is 7.22. The van der Waals surface area contributed by atoms with Gasteiger partial charge in [-0.2, -0.15) is 0 Å². The van der Waals surface area contributed by atoms with Gasteiger partial charge in [0.25, 0.3) is 0 Å². The van der Waals surface area contributed by atoms with Gasteiger partial charge in [0.05, 0.1) is 15.6 Å². The van der Waals surface area contributed by atoms with E-state index in [9.17, 15) is 0 Å². The van der Waals surface area contributed by atoms with Crippen LogP contribution >= 0.6 is 31.9 Å². The van der Waals surface area contributed by atoms with Gasteiger partial charge in [-0.3, -0.25) is 0 Å². The van der Waals surface area contributed by atoms with E-state index in [1.807, 2.05) is 0 Å². The number of unbranched alkanes of at least 4 members (excludes halogenated alkanes) is 5. The standard InChI is InChI=1S/C17H27Br2NO/c1-3-5-6-7-8-9-10-21-17-15(18)11-14(12-16(17)19)13-20-4-2/h11-12,20H,3-10,13H2,1-2H3. The molecule has 0 amide bonds. The molecule has 0 spiro atoms. The topological polar surface area (TPSA) is 21.3 Å². The predicted molar refractivity (Wildman–Crippen MR) is 98.1 cm³/mol. The molecule has 21 heavy (non-hydrogen) atoms. The van der Waals surface area contributed by atoms with E-state index >= 15 is 0 Å². The van der Waals surface area contributed by atoms with E-state index in [-0.39, 0.29) is 0 Å². The number of nitrogens with one attached hydrogen (secondary N) is 1. The first-order chi connectivity index (χ1) is 10.2. The number of halogens is 2. The molecule has 0 heterocycles. The van der Waals surface area contributed by atoms with E-state index in [1.54, 1.807) is 0 Å². The normalized spacial score (nSPS) is 10.9. The molecule has 0 bridgehead atoms. The zero-order valence-corrected chi connectivity index (χ0v) is 16.4. The Kier molecular flexibility index (Phi) is 10.4. The molecule has 4 heteroatoms. The lowest BCUT2D eigenvalue weighted by molar-refractivity contribution is 0.300. The minimum Gasteiger partial charge on any atom is -0.491 e. The molecule has 1 aromatic rings. The van der Waals surface area contributed by atoms with E-state index in [1.165, 1.54) is 37.7 Å². The Morgan fingerprint density at radius 1 is 0.952 bits per heavy atom. The highest BCUT2D eigenvalue weighted by atomic mass is 79.9. The van der Waals surface area contributed by atoms with Crippen LogP contribution in [0, 0.1) is 0 Å². The minimum atomic E-state index is 0.788. The van der Waals surface area contributed by atoms with Crippen molar-refractivity contribution in [1.29, 1.82) is 0 Å². The molecule has 0 saturated heterocycles. The van der Waals surface area contributed by atoms with E-state index in [2.05, 4.69) is 63.2 Å². The van der Waals surface area contributed by atoms with Gasteiger partial charge in [0.15, 0.2) is 0 Å². The monoisotopic (exact) mass is 419 g/mol. The summed E-state index contributed by atoms with van der Waals surface area (Å²) in [5, 5.41) is 3.33. The fourth-order valence-electron chi connectivity index (χ4n) is 2.18. The van der Waals surface area contributed by atoms with Crippen LogP contribution in [0.5, 0.6) is 5.75 Å². The van der Waals surface area contributed by atoms with Crippen molar-refractivity contribution in [3.05, 3.63) is 26.6 Å². The highest BCUT2D eigenvalue weighted by Crippen LogP contribution is 2.35. The van der Waals surface area contributed by atoms with Crippen LogP contribution in [0.15, 0.2) is 21.1 Å². The van der Waals surface area contributed by atoms with Crippen molar-refractivity contribution in [2.24, 2.45) is 0 Å². The van der Waals surface area contributed by atoms with Gasteiger partial charge in [-0.05, 0) is 62.5 Å². The Morgan fingerprint density at radius 2 is 1.57 bits per heavy atom. The molecule has 2 nitrogen and oxygen atoms in total. The summed E-state index contributed by atoms with van der Waals surface area (Å²) in [7, 11) is 0. The molecular weight excluding hydrogens is 394 g/mol. The summed E-state index contributed by atoms with van der Waals surface area (Å²) < 4.78 is 7.97. The third-order valence-corrected chi connectivity index (χ3v) is 4.56. The third kappa shape index (κ3) is 7.66. The average Bonchev–Trinajstić information content (AvgIpc) is 2.46. The van der Waals surface area contributed by atoms with Crippen molar-refractivity contribution in [1.82, 2.24) is 5.32 Å². The first-order valence-electron chi connectivity index (χ1n) is 8.00. The van der Waals surface area contributed by atoms with Gasteiger partial charge in [0.2, 0.25) is 0 Å². The molecule has 120 valence electrons. The van der Waals surface area contributed by atoms with Crippen molar-refractivity contribution in [2.45, 2.75) is 58.9 Å². The molecule has 0 saturated carbocycles. The minimum absolute atomic E-state index is 0.788. The maximum atomic E-state index is 5.92. The molecular formula is C17H27Br2NO. The van der Waals surface area contributed by atoms with Crippen LogP contribution in [-0.2, 0) is 6.54 Å². The van der Waals surface area contributed by atoms with E-state index in [0.717, 1.165) is 40.8 Å². The zero-order chi connectivity index (χ0) is 15.5. The quantitative estimate of drug-likeness (QED) is 0.439. The van der Waals surface area contributed by atoms with E-state index in [0.29, 0.717) is 0 Å². The molecule has 0 atom stereocenters. The van der Waals surface area contributed by atoms with Crippen LogP contribution < -0.4 is 10.1 Å². The molecule has 1 N–H and O–H groups in total. The second kappa shape index (κ2) is 11.5. The molecule has 0 aliphatic heterocycles. The lowest BCUT2D eigenvalue weighted by Gasteiger charge is -2.12. The Bertz CT molecular complexity index is 387. The molecule has 1 rings (SSSR count).